The van der Waals surface area contributed by atoms with Crippen LogP contribution in [0, 0.1) is 26.7 Å². The molecule has 1 rings (SSSR count). The van der Waals surface area contributed by atoms with Crippen molar-refractivity contribution in [3.8, 4) is 0 Å². The van der Waals surface area contributed by atoms with Crippen LogP contribution in [-0.4, -0.2) is 27.9 Å². The molecule has 0 spiro atoms. The van der Waals surface area contributed by atoms with Gasteiger partial charge in [-0.1, -0.05) is 12.1 Å². The number of nitrogens with zero attached hydrogens (tertiary/aromatic N) is 4. The summed E-state index contributed by atoms with van der Waals surface area (Å²) >= 11 is 0. The predicted molar refractivity (Wildman–Crippen MR) is 68.7 cm³/mol. The van der Waals surface area contributed by atoms with Crippen LogP contribution in [0.2, 0.25) is 0 Å². The van der Waals surface area contributed by atoms with Gasteiger partial charge in [0, 0.05) is 38.6 Å². The maximum absolute atomic E-state index is 11.4. The maximum atomic E-state index is 11.4. The van der Waals surface area contributed by atoms with Gasteiger partial charge in [0.25, 0.3) is 0 Å². The van der Waals surface area contributed by atoms with E-state index in [1.54, 1.807) is 11.6 Å². The molecule has 101 valence electrons. The first-order chi connectivity index (χ1) is 7.99. The van der Waals surface area contributed by atoms with E-state index < -0.39 is 0 Å². The average Bonchev–Trinajstić information content (AvgIpc) is 2.69. The van der Waals surface area contributed by atoms with E-state index in [0.29, 0.717) is 0 Å². The Kier molecular flexibility index (Phi) is 10.7. The summed E-state index contributed by atoms with van der Waals surface area (Å²) in [4.78, 5) is 11.4. The first-order valence-electron chi connectivity index (χ1n) is 5.71. The molecular formula is C12H22N4OY-2. The molecule has 6 heteroatoms. The summed E-state index contributed by atoms with van der Waals surface area (Å²) in [6.07, 6.45) is 0. The molecule has 0 saturated heterocycles. The second-order valence-corrected chi connectivity index (χ2v) is 3.80. The molecule has 0 fully saturated rings. The zero-order chi connectivity index (χ0) is 13.6. The van der Waals surface area contributed by atoms with Crippen LogP contribution < -0.4 is 0 Å². The molecule has 5 nitrogen and oxygen atoms in total. The van der Waals surface area contributed by atoms with Crippen molar-refractivity contribution in [3.05, 3.63) is 23.6 Å². The van der Waals surface area contributed by atoms with Crippen molar-refractivity contribution in [1.29, 1.82) is 0 Å². The van der Waals surface area contributed by atoms with Crippen LogP contribution in [0.4, 0.5) is 0 Å². The molecule has 1 aromatic rings. The largest absolute Gasteiger partial charge is 0.656 e. The fourth-order valence-electron chi connectivity index (χ4n) is 1.43. The molecule has 1 heterocycles. The Morgan fingerprint density at radius 2 is 1.83 bits per heavy atom. The molecule has 0 aliphatic heterocycles. The molecule has 2 atom stereocenters. The van der Waals surface area contributed by atoms with Gasteiger partial charge in [-0.3, -0.25) is 0 Å². The minimum atomic E-state index is -0.171. The van der Waals surface area contributed by atoms with Crippen LogP contribution in [0.1, 0.15) is 38.2 Å². The zero-order valence-corrected chi connectivity index (χ0v) is 15.0. The van der Waals surface area contributed by atoms with E-state index in [1.165, 1.54) is 7.05 Å². The number of hydrogen-bond donors (Lipinski definition) is 0. The van der Waals surface area contributed by atoms with Gasteiger partial charge >= 0.3 is 0 Å². The second kappa shape index (κ2) is 9.62. The van der Waals surface area contributed by atoms with Gasteiger partial charge in [0.2, 0.25) is 0 Å². The third-order valence-corrected chi connectivity index (χ3v) is 2.88. The predicted octanol–water partition coefficient (Wildman–Crippen LogP) is 2.46. The minimum Gasteiger partial charge on any atom is -0.656 e. The van der Waals surface area contributed by atoms with E-state index in [1.807, 2.05) is 27.7 Å². The third kappa shape index (κ3) is 4.77. The standard InChI is InChI=1S/C10H18N4O.C2H5.Y/c1-6(10(15)11-5)8(3)14-9(4)7(2)12-13-14;1-2;/h6,8H,1-5H3,(H,11,15);1H2,2H3;/q;-1;/p-1. The van der Waals surface area contributed by atoms with Crippen LogP contribution in [0.3, 0.4) is 0 Å². The van der Waals surface area contributed by atoms with Gasteiger partial charge < -0.3 is 17.0 Å². The Hall–Kier alpha value is -0.286. The number of aromatic nitrogens is 3. The zero-order valence-electron chi connectivity index (χ0n) is 12.1. The van der Waals surface area contributed by atoms with E-state index in [-0.39, 0.29) is 50.6 Å². The van der Waals surface area contributed by atoms with E-state index in [0.717, 1.165) is 11.4 Å². The molecule has 1 aromatic heterocycles. The van der Waals surface area contributed by atoms with Gasteiger partial charge in [-0.25, -0.2) is 4.68 Å². The van der Waals surface area contributed by atoms with Gasteiger partial charge in [0.05, 0.1) is 23.3 Å². The number of rotatable bonds is 3. The van der Waals surface area contributed by atoms with Gasteiger partial charge in [0.1, 0.15) is 0 Å². The summed E-state index contributed by atoms with van der Waals surface area (Å²) in [5, 5.41) is 11.7. The molecule has 18 heavy (non-hydrogen) atoms. The van der Waals surface area contributed by atoms with Crippen molar-refractivity contribution in [2.75, 3.05) is 7.05 Å². The molecule has 2 unspecified atom stereocenters. The van der Waals surface area contributed by atoms with Crippen LogP contribution in [0.15, 0.2) is 0 Å². The van der Waals surface area contributed by atoms with Crippen LogP contribution >= 0.6 is 0 Å². The van der Waals surface area contributed by atoms with Crippen molar-refractivity contribution in [2.24, 2.45) is 5.92 Å². The fraction of sp³-hybridized carbons (Fsp3) is 0.667. The van der Waals surface area contributed by atoms with Crippen LogP contribution in [0.5, 0.6) is 0 Å². The Balaban J connectivity index is 0. The summed E-state index contributed by atoms with van der Waals surface area (Å²) in [5.41, 5.74) is 1.90. The number of hydrogen-bond acceptors (Lipinski definition) is 3. The smallest absolute Gasteiger partial charge is 0.0825 e. The average molecular weight is 327 g/mol. The first kappa shape index (κ1) is 20.0. The summed E-state index contributed by atoms with van der Waals surface area (Å²) in [6.45, 7) is 12.7. The Morgan fingerprint density at radius 1 is 1.33 bits per heavy atom. The van der Waals surface area contributed by atoms with E-state index in [9.17, 15) is 4.79 Å². The summed E-state index contributed by atoms with van der Waals surface area (Å²) in [6, 6.07) is -0.0117. The fourth-order valence-corrected chi connectivity index (χ4v) is 1.43. The SMILES string of the molecule is C[N-]C(=O)C(C)C(C)n1nnc(C)c1C.[CH2-]C.[Y]. The molecule has 1 radical (unpaired) electrons. The normalized spacial score (nSPS) is 12.6. The third-order valence-electron chi connectivity index (χ3n) is 2.88. The molecular weight excluding hydrogens is 305 g/mol. The molecule has 0 aromatic carbocycles. The van der Waals surface area contributed by atoms with Crippen molar-refractivity contribution < 1.29 is 37.5 Å². The van der Waals surface area contributed by atoms with Crippen molar-refractivity contribution in [2.45, 2.75) is 40.7 Å². The van der Waals surface area contributed by atoms with Crippen molar-refractivity contribution in [3.63, 3.8) is 0 Å². The number of carbonyl (C=O) groups is 1. The molecule has 0 N–H and O–H groups in total. The number of amides is 1. The topological polar surface area (TPSA) is 61.9 Å². The van der Waals surface area contributed by atoms with Gasteiger partial charge in [0.15, 0.2) is 0 Å². The monoisotopic (exact) mass is 327 g/mol. The molecule has 1 amide bonds. The number of aryl methyl sites for hydroxylation is 1. The van der Waals surface area contributed by atoms with Gasteiger partial charge in [-0.15, -0.1) is 12.1 Å². The van der Waals surface area contributed by atoms with E-state index >= 15 is 0 Å². The summed E-state index contributed by atoms with van der Waals surface area (Å²) in [5.74, 6) is -0.273. The quantitative estimate of drug-likeness (QED) is 0.801. The van der Waals surface area contributed by atoms with E-state index in [2.05, 4.69) is 22.6 Å². The van der Waals surface area contributed by atoms with Gasteiger partial charge in [-0.2, -0.15) is 6.92 Å². The molecule has 0 aliphatic rings. The molecule has 0 saturated carbocycles. The Bertz CT molecular complexity index is 365. The van der Waals surface area contributed by atoms with Crippen LogP contribution in [-0.2, 0) is 37.5 Å². The van der Waals surface area contributed by atoms with E-state index in [4.69, 9.17) is 0 Å². The molecule has 0 bridgehead atoms. The molecule has 0 aliphatic carbocycles. The van der Waals surface area contributed by atoms with Crippen molar-refractivity contribution in [1.82, 2.24) is 15.0 Å². The summed E-state index contributed by atoms with van der Waals surface area (Å²) < 4.78 is 1.78. The second-order valence-electron chi connectivity index (χ2n) is 3.80. The first-order valence-corrected chi connectivity index (χ1v) is 5.71. The minimum absolute atomic E-state index is 0. The number of carbonyl (C=O) groups excluding carboxylic acids is 1. The Labute approximate surface area is 135 Å². The maximum Gasteiger partial charge on any atom is 0.0825 e. The Morgan fingerprint density at radius 3 is 2.17 bits per heavy atom. The van der Waals surface area contributed by atoms with Gasteiger partial charge in [-0.05, 0) is 20.8 Å². The van der Waals surface area contributed by atoms with Crippen LogP contribution in [0.25, 0.3) is 5.32 Å². The summed E-state index contributed by atoms with van der Waals surface area (Å²) in [7, 11) is 1.52. The van der Waals surface area contributed by atoms with Crippen molar-refractivity contribution >= 4 is 5.91 Å².